The third-order valence-electron chi connectivity index (χ3n) is 1.95. The molecule has 4 heteroatoms. The van der Waals surface area contributed by atoms with Gasteiger partial charge in [0.2, 0.25) is 5.91 Å². The highest BCUT2D eigenvalue weighted by Gasteiger charge is 2.45. The summed E-state index contributed by atoms with van der Waals surface area (Å²) in [6, 6.07) is 0. The Morgan fingerprint density at radius 1 is 1.80 bits per heavy atom. The summed E-state index contributed by atoms with van der Waals surface area (Å²) < 4.78 is 0. The molecule has 4 N–H and O–H groups in total. The normalized spacial score (nSPS) is 38.8. The molecule has 0 heterocycles. The van der Waals surface area contributed by atoms with Crippen LogP contribution >= 0.6 is 0 Å². The van der Waals surface area contributed by atoms with Gasteiger partial charge in [-0.2, -0.15) is 0 Å². The van der Waals surface area contributed by atoms with Crippen LogP contribution in [-0.4, -0.2) is 27.8 Å². The quantitative estimate of drug-likeness (QED) is 0.454. The van der Waals surface area contributed by atoms with Gasteiger partial charge in [0.15, 0.2) is 0 Å². The zero-order valence-corrected chi connectivity index (χ0v) is 5.58. The third kappa shape index (κ3) is 1.12. The predicted molar refractivity (Wildman–Crippen MR) is 34.0 cm³/mol. The maximum atomic E-state index is 10.3. The average molecular weight is 145 g/mol. The molecule has 1 saturated carbocycles. The molecule has 2 unspecified atom stereocenters. The van der Waals surface area contributed by atoms with Gasteiger partial charge in [-0.25, -0.2) is 0 Å². The molecular weight excluding hydrogens is 134 g/mol. The number of carbonyl (C=O) groups is 1. The highest BCUT2D eigenvalue weighted by atomic mass is 16.3. The van der Waals surface area contributed by atoms with E-state index < -0.39 is 17.6 Å². The third-order valence-corrected chi connectivity index (χ3v) is 1.95. The molecule has 1 rings (SSSR count). The van der Waals surface area contributed by atoms with Gasteiger partial charge in [-0.1, -0.05) is 0 Å². The molecule has 1 amide bonds. The lowest BCUT2D eigenvalue weighted by atomic mass is 9.75. The highest BCUT2D eigenvalue weighted by molar-refractivity contribution is 5.75. The van der Waals surface area contributed by atoms with Crippen LogP contribution in [0.25, 0.3) is 0 Å². The van der Waals surface area contributed by atoms with E-state index in [9.17, 15) is 9.90 Å². The zero-order valence-electron chi connectivity index (χ0n) is 5.58. The van der Waals surface area contributed by atoms with Crippen molar-refractivity contribution in [1.82, 2.24) is 0 Å². The Kier molecular flexibility index (Phi) is 1.66. The first-order valence-electron chi connectivity index (χ1n) is 3.23. The maximum absolute atomic E-state index is 10.3. The average Bonchev–Trinajstić information content (AvgIpc) is 1.84. The molecule has 1 aliphatic carbocycles. The molecule has 1 aliphatic rings. The smallest absolute Gasteiger partial charge is 0.220 e. The van der Waals surface area contributed by atoms with E-state index in [4.69, 9.17) is 10.8 Å². The van der Waals surface area contributed by atoms with Gasteiger partial charge in [-0.15, -0.1) is 0 Å². The van der Waals surface area contributed by atoms with E-state index in [0.717, 1.165) is 0 Å². The van der Waals surface area contributed by atoms with Crippen molar-refractivity contribution >= 4 is 5.91 Å². The standard InChI is InChI=1S/C6H11NO3/c7-5(9)3-6(10)2-1-4(6)8/h4,8,10H,1-3H2,(H2,7,9). The van der Waals surface area contributed by atoms with Gasteiger partial charge in [0, 0.05) is 0 Å². The number of amides is 1. The van der Waals surface area contributed by atoms with Crippen LogP contribution in [0.4, 0.5) is 0 Å². The first-order chi connectivity index (χ1) is 4.54. The molecule has 0 aromatic heterocycles. The van der Waals surface area contributed by atoms with Crippen LogP contribution in [0.3, 0.4) is 0 Å². The number of aliphatic hydroxyl groups is 2. The van der Waals surface area contributed by atoms with Crippen molar-refractivity contribution < 1.29 is 15.0 Å². The van der Waals surface area contributed by atoms with Crippen molar-refractivity contribution in [2.75, 3.05) is 0 Å². The van der Waals surface area contributed by atoms with Gasteiger partial charge in [-0.3, -0.25) is 4.79 Å². The van der Waals surface area contributed by atoms with Crippen LogP contribution in [0.1, 0.15) is 19.3 Å². The topological polar surface area (TPSA) is 83.6 Å². The van der Waals surface area contributed by atoms with Crippen LogP contribution in [-0.2, 0) is 4.79 Å². The minimum absolute atomic E-state index is 0.131. The van der Waals surface area contributed by atoms with E-state index in [2.05, 4.69) is 0 Å². The Labute approximate surface area is 58.6 Å². The molecular formula is C6H11NO3. The lowest BCUT2D eigenvalue weighted by molar-refractivity contribution is -0.158. The molecule has 1 fully saturated rings. The molecule has 0 aliphatic heterocycles. The lowest BCUT2D eigenvalue weighted by Gasteiger charge is -2.41. The second-order valence-electron chi connectivity index (χ2n) is 2.80. The van der Waals surface area contributed by atoms with Crippen molar-refractivity contribution in [3.05, 3.63) is 0 Å². The first kappa shape index (κ1) is 7.50. The molecule has 0 aromatic carbocycles. The molecule has 0 spiro atoms. The minimum atomic E-state index is -1.22. The van der Waals surface area contributed by atoms with Crippen LogP contribution in [0.2, 0.25) is 0 Å². The monoisotopic (exact) mass is 145 g/mol. The van der Waals surface area contributed by atoms with Crippen LogP contribution in [0.15, 0.2) is 0 Å². The highest BCUT2D eigenvalue weighted by Crippen LogP contribution is 2.34. The summed E-state index contributed by atoms with van der Waals surface area (Å²) >= 11 is 0. The summed E-state index contributed by atoms with van der Waals surface area (Å²) in [5.74, 6) is -0.568. The second-order valence-corrected chi connectivity index (χ2v) is 2.80. The summed E-state index contributed by atoms with van der Waals surface area (Å²) in [4.78, 5) is 10.3. The molecule has 0 aromatic rings. The Morgan fingerprint density at radius 3 is 2.50 bits per heavy atom. The maximum Gasteiger partial charge on any atom is 0.220 e. The summed E-state index contributed by atoms with van der Waals surface area (Å²) in [5.41, 5.74) is 3.62. The molecule has 2 atom stereocenters. The number of nitrogens with two attached hydrogens (primary N) is 1. The fraction of sp³-hybridized carbons (Fsp3) is 0.833. The van der Waals surface area contributed by atoms with Gasteiger partial charge in [0.05, 0.1) is 18.1 Å². The van der Waals surface area contributed by atoms with Gasteiger partial charge in [0.25, 0.3) is 0 Å². The Balaban J connectivity index is 2.45. The first-order valence-corrected chi connectivity index (χ1v) is 3.23. The molecule has 0 radical (unpaired) electrons. The largest absolute Gasteiger partial charge is 0.390 e. The predicted octanol–water partition coefficient (Wildman–Crippen LogP) is -1.25. The molecule has 58 valence electrons. The van der Waals surface area contributed by atoms with Gasteiger partial charge in [-0.05, 0) is 12.8 Å². The number of carbonyl (C=O) groups excluding carboxylic acids is 1. The van der Waals surface area contributed by atoms with Crippen molar-refractivity contribution in [2.24, 2.45) is 5.73 Å². The number of primary amides is 1. The van der Waals surface area contributed by atoms with Crippen molar-refractivity contribution in [3.8, 4) is 0 Å². The number of hydrogen-bond donors (Lipinski definition) is 3. The zero-order chi connectivity index (χ0) is 7.78. The Bertz CT molecular complexity index is 159. The van der Waals surface area contributed by atoms with E-state index in [1.165, 1.54) is 0 Å². The van der Waals surface area contributed by atoms with Crippen LogP contribution < -0.4 is 5.73 Å². The summed E-state index contributed by atoms with van der Waals surface area (Å²) in [6.07, 6.45) is 0.134. The lowest BCUT2D eigenvalue weighted by Crippen LogP contribution is -2.53. The van der Waals surface area contributed by atoms with Crippen molar-refractivity contribution in [2.45, 2.75) is 31.0 Å². The van der Waals surface area contributed by atoms with E-state index >= 15 is 0 Å². The second kappa shape index (κ2) is 2.21. The van der Waals surface area contributed by atoms with Gasteiger partial charge in [0.1, 0.15) is 0 Å². The van der Waals surface area contributed by atoms with Crippen molar-refractivity contribution in [3.63, 3.8) is 0 Å². The van der Waals surface area contributed by atoms with E-state index in [1.807, 2.05) is 0 Å². The Hall–Kier alpha value is -0.610. The molecule has 4 nitrogen and oxygen atoms in total. The Morgan fingerprint density at radius 2 is 2.40 bits per heavy atom. The van der Waals surface area contributed by atoms with E-state index in [1.54, 1.807) is 0 Å². The van der Waals surface area contributed by atoms with Gasteiger partial charge >= 0.3 is 0 Å². The van der Waals surface area contributed by atoms with Crippen molar-refractivity contribution in [1.29, 1.82) is 0 Å². The number of hydrogen-bond acceptors (Lipinski definition) is 3. The minimum Gasteiger partial charge on any atom is -0.390 e. The van der Waals surface area contributed by atoms with Gasteiger partial charge < -0.3 is 15.9 Å². The van der Waals surface area contributed by atoms with Crippen LogP contribution in [0.5, 0.6) is 0 Å². The molecule has 0 saturated heterocycles. The fourth-order valence-corrected chi connectivity index (χ4v) is 1.11. The molecule has 10 heavy (non-hydrogen) atoms. The summed E-state index contributed by atoms with van der Waals surface area (Å²) in [6.45, 7) is 0. The molecule has 0 bridgehead atoms. The number of rotatable bonds is 2. The van der Waals surface area contributed by atoms with E-state index in [-0.39, 0.29) is 6.42 Å². The van der Waals surface area contributed by atoms with Crippen LogP contribution in [0, 0.1) is 0 Å². The summed E-state index contributed by atoms with van der Waals surface area (Å²) in [5, 5.41) is 18.3. The summed E-state index contributed by atoms with van der Waals surface area (Å²) in [7, 11) is 0. The van der Waals surface area contributed by atoms with E-state index in [0.29, 0.717) is 12.8 Å². The number of aliphatic hydroxyl groups excluding tert-OH is 1. The SMILES string of the molecule is NC(=O)CC1(O)CCC1O. The fourth-order valence-electron chi connectivity index (χ4n) is 1.11.